The van der Waals surface area contributed by atoms with E-state index in [1.54, 1.807) is 38.1 Å². The van der Waals surface area contributed by atoms with Gasteiger partial charge in [0, 0.05) is 17.6 Å². The first-order chi connectivity index (χ1) is 19.7. The van der Waals surface area contributed by atoms with Crippen LogP contribution in [0.5, 0.6) is 5.75 Å². The molecule has 4 rings (SSSR count). The zero-order chi connectivity index (χ0) is 29.4. The SMILES string of the molecule is CCOc1ccccc1N(CC(=O)N(Cc1ccccc1)C(C)C(=O)NC1CCCC1)S(=O)(=O)c1ccc(Cl)cc1. The number of sulfonamides is 1. The van der Waals surface area contributed by atoms with Gasteiger partial charge in [0.05, 0.1) is 17.2 Å². The summed E-state index contributed by atoms with van der Waals surface area (Å²) in [5.74, 6) is -0.461. The molecule has 218 valence electrons. The van der Waals surface area contributed by atoms with Crippen LogP contribution in [0.4, 0.5) is 5.69 Å². The molecule has 2 amide bonds. The summed E-state index contributed by atoms with van der Waals surface area (Å²) in [7, 11) is -4.23. The molecule has 0 heterocycles. The lowest BCUT2D eigenvalue weighted by molar-refractivity contribution is -0.139. The molecule has 0 aromatic heterocycles. The molecule has 1 fully saturated rings. The fourth-order valence-electron chi connectivity index (χ4n) is 4.94. The van der Waals surface area contributed by atoms with Crippen LogP contribution in [0, 0.1) is 0 Å². The van der Waals surface area contributed by atoms with Crippen molar-refractivity contribution in [3.8, 4) is 5.75 Å². The van der Waals surface area contributed by atoms with Crippen LogP contribution in [0.15, 0.2) is 83.8 Å². The van der Waals surface area contributed by atoms with E-state index in [2.05, 4.69) is 5.32 Å². The zero-order valence-electron chi connectivity index (χ0n) is 23.3. The smallest absolute Gasteiger partial charge is 0.264 e. The summed E-state index contributed by atoms with van der Waals surface area (Å²) in [5.41, 5.74) is 1.04. The maximum absolute atomic E-state index is 14.1. The predicted octanol–water partition coefficient (Wildman–Crippen LogP) is 5.41. The van der Waals surface area contributed by atoms with Gasteiger partial charge in [-0.2, -0.15) is 0 Å². The number of amides is 2. The average Bonchev–Trinajstić information content (AvgIpc) is 3.48. The molecule has 1 N–H and O–H groups in total. The van der Waals surface area contributed by atoms with Crippen molar-refractivity contribution >= 4 is 39.1 Å². The Morgan fingerprint density at radius 3 is 2.27 bits per heavy atom. The summed E-state index contributed by atoms with van der Waals surface area (Å²) in [6.07, 6.45) is 3.93. The number of carbonyl (C=O) groups is 2. The number of nitrogens with zero attached hydrogens (tertiary/aromatic N) is 2. The lowest BCUT2D eigenvalue weighted by Crippen LogP contribution is -2.52. The van der Waals surface area contributed by atoms with Gasteiger partial charge in [-0.05, 0) is 68.7 Å². The van der Waals surface area contributed by atoms with Gasteiger partial charge in [-0.3, -0.25) is 13.9 Å². The van der Waals surface area contributed by atoms with Crippen LogP contribution in [0.2, 0.25) is 5.02 Å². The Bertz CT molecular complexity index is 1430. The number of halogens is 1. The van der Waals surface area contributed by atoms with Gasteiger partial charge in [0.15, 0.2) is 0 Å². The van der Waals surface area contributed by atoms with Crippen LogP contribution in [0.25, 0.3) is 0 Å². The quantitative estimate of drug-likeness (QED) is 0.301. The minimum absolute atomic E-state index is 0.0253. The van der Waals surface area contributed by atoms with Gasteiger partial charge in [-0.1, -0.05) is 66.9 Å². The van der Waals surface area contributed by atoms with E-state index >= 15 is 0 Å². The number of benzene rings is 3. The maximum Gasteiger partial charge on any atom is 0.264 e. The number of para-hydroxylation sites is 2. The Kier molecular flexibility index (Phi) is 10.3. The second-order valence-electron chi connectivity index (χ2n) is 10.0. The van der Waals surface area contributed by atoms with Gasteiger partial charge in [0.25, 0.3) is 10.0 Å². The number of anilines is 1. The molecule has 41 heavy (non-hydrogen) atoms. The molecule has 0 spiro atoms. The largest absolute Gasteiger partial charge is 0.492 e. The first-order valence-electron chi connectivity index (χ1n) is 13.8. The number of nitrogens with one attached hydrogen (secondary N) is 1. The molecule has 0 radical (unpaired) electrons. The van der Waals surface area contributed by atoms with Crippen molar-refractivity contribution in [2.24, 2.45) is 0 Å². The van der Waals surface area contributed by atoms with Crippen LogP contribution in [-0.2, 0) is 26.2 Å². The highest BCUT2D eigenvalue weighted by atomic mass is 35.5. The third-order valence-electron chi connectivity index (χ3n) is 7.18. The van der Waals surface area contributed by atoms with E-state index in [1.165, 1.54) is 29.2 Å². The van der Waals surface area contributed by atoms with Crippen LogP contribution in [0.3, 0.4) is 0 Å². The van der Waals surface area contributed by atoms with Gasteiger partial charge in [-0.15, -0.1) is 0 Å². The predicted molar refractivity (Wildman–Crippen MR) is 160 cm³/mol. The van der Waals surface area contributed by atoms with Gasteiger partial charge < -0.3 is 15.0 Å². The molecule has 0 saturated heterocycles. The van der Waals surface area contributed by atoms with E-state index in [4.69, 9.17) is 16.3 Å². The second-order valence-corrected chi connectivity index (χ2v) is 12.3. The first-order valence-corrected chi connectivity index (χ1v) is 15.7. The summed E-state index contributed by atoms with van der Waals surface area (Å²) < 4.78 is 34.9. The van der Waals surface area contributed by atoms with E-state index < -0.39 is 28.5 Å². The highest BCUT2D eigenvalue weighted by Gasteiger charge is 2.34. The van der Waals surface area contributed by atoms with E-state index in [1.807, 2.05) is 30.3 Å². The fraction of sp³-hybridized carbons (Fsp3) is 0.355. The molecule has 1 unspecified atom stereocenters. The molecule has 1 atom stereocenters. The van der Waals surface area contributed by atoms with Crippen LogP contribution < -0.4 is 14.4 Å². The molecule has 0 bridgehead atoms. The second kappa shape index (κ2) is 13.9. The summed E-state index contributed by atoms with van der Waals surface area (Å²) in [6.45, 7) is 3.38. The number of rotatable bonds is 12. The fourth-order valence-corrected chi connectivity index (χ4v) is 6.49. The Morgan fingerprint density at radius 1 is 0.976 bits per heavy atom. The standard InChI is InChI=1S/C31H36ClN3O5S/c1-3-40-29-16-10-9-15-28(29)35(41(38,39)27-19-17-25(32)18-20-27)22-30(36)34(21-24-11-5-4-6-12-24)23(2)31(37)33-26-13-7-8-14-26/h4-6,9-12,15-20,23,26H,3,7-8,13-14,21-22H2,1-2H3,(H,33,37). The Morgan fingerprint density at radius 2 is 1.61 bits per heavy atom. The van der Waals surface area contributed by atoms with E-state index in [0.29, 0.717) is 17.4 Å². The molecule has 1 aliphatic carbocycles. The molecular formula is C31H36ClN3O5S. The lowest BCUT2D eigenvalue weighted by Gasteiger charge is -2.33. The summed E-state index contributed by atoms with van der Waals surface area (Å²) in [6, 6.07) is 21.0. The van der Waals surface area contributed by atoms with E-state index in [0.717, 1.165) is 35.6 Å². The van der Waals surface area contributed by atoms with Crippen molar-refractivity contribution in [2.45, 2.75) is 63.1 Å². The first kappa shape index (κ1) is 30.4. The molecule has 1 saturated carbocycles. The molecule has 0 aliphatic heterocycles. The van der Waals surface area contributed by atoms with Crippen molar-refractivity contribution < 1.29 is 22.7 Å². The molecule has 10 heteroatoms. The summed E-state index contributed by atoms with van der Waals surface area (Å²) >= 11 is 6.03. The van der Waals surface area contributed by atoms with E-state index in [9.17, 15) is 18.0 Å². The molecule has 3 aromatic carbocycles. The highest BCUT2D eigenvalue weighted by Crippen LogP contribution is 2.33. The average molecular weight is 598 g/mol. The van der Waals surface area contributed by atoms with Gasteiger partial charge in [0.1, 0.15) is 18.3 Å². The minimum Gasteiger partial charge on any atom is -0.492 e. The zero-order valence-corrected chi connectivity index (χ0v) is 24.9. The third-order valence-corrected chi connectivity index (χ3v) is 9.20. The molecular weight excluding hydrogens is 562 g/mol. The molecule has 3 aromatic rings. The summed E-state index contributed by atoms with van der Waals surface area (Å²) in [4.78, 5) is 28.8. The number of carbonyl (C=O) groups excluding carboxylic acids is 2. The minimum atomic E-state index is -4.23. The van der Waals surface area contributed by atoms with Crippen LogP contribution in [0.1, 0.15) is 45.1 Å². The Labute approximate surface area is 247 Å². The third kappa shape index (κ3) is 7.59. The van der Waals surface area contributed by atoms with Crippen LogP contribution >= 0.6 is 11.6 Å². The normalized spacial score (nSPS) is 14.3. The molecule has 8 nitrogen and oxygen atoms in total. The van der Waals surface area contributed by atoms with Crippen molar-refractivity contribution in [1.82, 2.24) is 10.2 Å². The lowest BCUT2D eigenvalue weighted by atomic mass is 10.1. The summed E-state index contributed by atoms with van der Waals surface area (Å²) in [5, 5.41) is 3.46. The number of hydrogen-bond donors (Lipinski definition) is 1. The van der Waals surface area contributed by atoms with Gasteiger partial charge in [0.2, 0.25) is 11.8 Å². The topological polar surface area (TPSA) is 96.0 Å². The highest BCUT2D eigenvalue weighted by molar-refractivity contribution is 7.92. The van der Waals surface area contributed by atoms with Crippen LogP contribution in [-0.4, -0.2) is 50.4 Å². The molecule has 1 aliphatic rings. The Hall–Kier alpha value is -3.56. The van der Waals surface area contributed by atoms with Crippen molar-refractivity contribution in [1.29, 1.82) is 0 Å². The van der Waals surface area contributed by atoms with Crippen molar-refractivity contribution in [3.63, 3.8) is 0 Å². The maximum atomic E-state index is 14.1. The Balaban J connectivity index is 1.71. The van der Waals surface area contributed by atoms with Crippen molar-refractivity contribution in [2.75, 3.05) is 17.5 Å². The number of hydrogen-bond acceptors (Lipinski definition) is 5. The monoisotopic (exact) mass is 597 g/mol. The number of ether oxygens (including phenoxy) is 1. The van der Waals surface area contributed by atoms with Crippen molar-refractivity contribution in [3.05, 3.63) is 89.4 Å². The van der Waals surface area contributed by atoms with Gasteiger partial charge in [-0.25, -0.2) is 8.42 Å². The van der Waals surface area contributed by atoms with E-state index in [-0.39, 0.29) is 29.1 Å². The van der Waals surface area contributed by atoms with Gasteiger partial charge >= 0.3 is 0 Å².